The normalized spacial score (nSPS) is 10.5. The Morgan fingerprint density at radius 1 is 1.29 bits per heavy atom. The Bertz CT molecular complexity index is 842. The molecule has 0 aliphatic rings. The molecule has 2 N–H and O–H groups in total. The van der Waals surface area contributed by atoms with Crippen LogP contribution in [-0.2, 0) is 0 Å². The molecular weight excluding hydrogens is 303 g/mol. The van der Waals surface area contributed by atoms with Crippen molar-refractivity contribution >= 4 is 28.4 Å². The van der Waals surface area contributed by atoms with Crippen LogP contribution in [0.4, 0.5) is 10.1 Å². The molecule has 0 aliphatic heterocycles. The molecule has 0 atom stereocenters. The molecule has 3 aromatic rings. The van der Waals surface area contributed by atoms with Crippen molar-refractivity contribution in [3.8, 4) is 27.0 Å². The Morgan fingerprint density at radius 2 is 2.10 bits per heavy atom. The maximum absolute atomic E-state index is 14.2. The van der Waals surface area contributed by atoms with E-state index >= 15 is 0 Å². The van der Waals surface area contributed by atoms with Crippen LogP contribution in [0.25, 0.3) is 20.9 Å². The van der Waals surface area contributed by atoms with E-state index in [9.17, 15) is 9.65 Å². The van der Waals surface area contributed by atoms with Crippen molar-refractivity contribution in [2.75, 3.05) is 5.73 Å². The molecule has 2 heterocycles. The molecule has 0 fully saturated rings. The minimum Gasteiger partial charge on any atom is -0.396 e. The van der Waals surface area contributed by atoms with Gasteiger partial charge in [0.05, 0.1) is 5.69 Å². The number of halogens is 1. The summed E-state index contributed by atoms with van der Waals surface area (Å²) in [4.78, 5) is 2.09. The summed E-state index contributed by atoms with van der Waals surface area (Å²) in [5, 5.41) is 11.2. The van der Waals surface area contributed by atoms with Gasteiger partial charge in [-0.05, 0) is 30.5 Å². The first-order chi connectivity index (χ1) is 10.1. The molecule has 0 saturated heterocycles. The highest BCUT2D eigenvalue weighted by Gasteiger charge is 2.21. The smallest absolute Gasteiger partial charge is 0.131 e. The van der Waals surface area contributed by atoms with Crippen LogP contribution in [0.1, 0.15) is 10.4 Å². The van der Waals surface area contributed by atoms with Crippen LogP contribution < -0.4 is 5.73 Å². The molecule has 21 heavy (non-hydrogen) atoms. The predicted molar refractivity (Wildman–Crippen MR) is 86.9 cm³/mol. The van der Waals surface area contributed by atoms with Crippen LogP contribution in [0.5, 0.6) is 0 Å². The maximum atomic E-state index is 14.2. The molecule has 5 heteroatoms. The van der Waals surface area contributed by atoms with E-state index in [4.69, 9.17) is 5.73 Å². The highest BCUT2D eigenvalue weighted by Crippen LogP contribution is 2.46. The molecule has 0 aliphatic carbocycles. The van der Waals surface area contributed by atoms with Gasteiger partial charge in [-0.1, -0.05) is 17.7 Å². The lowest BCUT2D eigenvalue weighted by Gasteiger charge is -2.06. The molecule has 0 amide bonds. The molecule has 2 aromatic heterocycles. The van der Waals surface area contributed by atoms with Gasteiger partial charge in [0.2, 0.25) is 0 Å². The molecule has 0 unspecified atom stereocenters. The summed E-state index contributed by atoms with van der Waals surface area (Å²) in [6.07, 6.45) is 0. The van der Waals surface area contributed by atoms with Crippen LogP contribution in [0.3, 0.4) is 0 Å². The molecule has 104 valence electrons. The van der Waals surface area contributed by atoms with Crippen molar-refractivity contribution in [2.24, 2.45) is 0 Å². The Balaban J connectivity index is 2.33. The largest absolute Gasteiger partial charge is 0.396 e. The number of nitrogens with two attached hydrogens (primary N) is 1. The van der Waals surface area contributed by atoms with E-state index in [1.807, 2.05) is 24.4 Å². The number of hydrogen-bond acceptors (Lipinski definition) is 4. The third-order valence-corrected chi connectivity index (χ3v) is 5.21. The van der Waals surface area contributed by atoms with Gasteiger partial charge in [0.15, 0.2) is 0 Å². The zero-order valence-corrected chi connectivity index (χ0v) is 12.8. The van der Waals surface area contributed by atoms with Gasteiger partial charge in [0, 0.05) is 20.9 Å². The fourth-order valence-electron chi connectivity index (χ4n) is 2.20. The van der Waals surface area contributed by atoms with E-state index in [-0.39, 0.29) is 5.82 Å². The topological polar surface area (TPSA) is 49.8 Å². The molecule has 0 saturated carbocycles. The van der Waals surface area contributed by atoms with Crippen molar-refractivity contribution < 1.29 is 4.39 Å². The lowest BCUT2D eigenvalue weighted by Crippen LogP contribution is -1.89. The highest BCUT2D eigenvalue weighted by atomic mass is 32.1. The van der Waals surface area contributed by atoms with E-state index in [0.29, 0.717) is 21.0 Å². The quantitative estimate of drug-likeness (QED) is 0.720. The number of nitrogen functional groups attached to an aromatic ring is 1. The number of thiophene rings is 2. The lowest BCUT2D eigenvalue weighted by atomic mass is 10.0. The third-order valence-electron chi connectivity index (χ3n) is 3.18. The van der Waals surface area contributed by atoms with Crippen LogP contribution in [0.15, 0.2) is 35.7 Å². The number of nitriles is 1. The van der Waals surface area contributed by atoms with Gasteiger partial charge in [0.25, 0.3) is 0 Å². The second-order valence-corrected chi connectivity index (χ2v) is 6.59. The van der Waals surface area contributed by atoms with Crippen LogP contribution in [0.2, 0.25) is 0 Å². The van der Waals surface area contributed by atoms with Gasteiger partial charge in [-0.3, -0.25) is 0 Å². The summed E-state index contributed by atoms with van der Waals surface area (Å²) in [6.45, 7) is 1.91. The molecule has 0 bridgehead atoms. The van der Waals surface area contributed by atoms with Crippen molar-refractivity contribution in [1.82, 2.24) is 0 Å². The standard InChI is InChI=1S/C16H11FN2S2/c1-9-4-5-11(17)10(7-9)16-14(12-3-2-6-20-12)15(19)13(8-18)21-16/h2-7H,19H2,1H3. The molecule has 0 radical (unpaired) electrons. The van der Waals surface area contributed by atoms with Gasteiger partial charge >= 0.3 is 0 Å². The van der Waals surface area contributed by atoms with Gasteiger partial charge in [-0.25, -0.2) is 4.39 Å². The lowest BCUT2D eigenvalue weighted by molar-refractivity contribution is 0.631. The number of hydrogen-bond donors (Lipinski definition) is 1. The van der Waals surface area contributed by atoms with E-state index in [1.165, 1.54) is 28.7 Å². The van der Waals surface area contributed by atoms with E-state index in [1.54, 1.807) is 12.1 Å². The first-order valence-electron chi connectivity index (χ1n) is 6.24. The second-order valence-electron chi connectivity index (χ2n) is 4.62. The van der Waals surface area contributed by atoms with Gasteiger partial charge in [0.1, 0.15) is 16.8 Å². The summed E-state index contributed by atoms with van der Waals surface area (Å²) >= 11 is 2.77. The fourth-order valence-corrected chi connectivity index (χ4v) is 4.10. The summed E-state index contributed by atoms with van der Waals surface area (Å²) in [6, 6.07) is 10.9. The van der Waals surface area contributed by atoms with Crippen molar-refractivity contribution in [1.29, 1.82) is 5.26 Å². The van der Waals surface area contributed by atoms with Crippen LogP contribution in [0, 0.1) is 24.1 Å². The first kappa shape index (κ1) is 13.8. The minimum atomic E-state index is -0.302. The maximum Gasteiger partial charge on any atom is 0.131 e. The third kappa shape index (κ3) is 2.33. The number of nitrogens with zero attached hydrogens (tertiary/aromatic N) is 1. The number of anilines is 1. The number of rotatable bonds is 2. The van der Waals surface area contributed by atoms with Gasteiger partial charge in [-0.15, -0.1) is 22.7 Å². The number of benzene rings is 1. The minimum absolute atomic E-state index is 0.302. The Morgan fingerprint density at radius 3 is 2.76 bits per heavy atom. The zero-order chi connectivity index (χ0) is 15.0. The SMILES string of the molecule is Cc1ccc(F)c(-c2sc(C#N)c(N)c2-c2cccs2)c1. The zero-order valence-electron chi connectivity index (χ0n) is 11.2. The van der Waals surface area contributed by atoms with E-state index in [2.05, 4.69) is 6.07 Å². The summed E-state index contributed by atoms with van der Waals surface area (Å²) in [5.41, 5.74) is 8.76. The second kappa shape index (κ2) is 5.32. The average Bonchev–Trinajstić information content (AvgIpc) is 3.08. The molecule has 3 rings (SSSR count). The monoisotopic (exact) mass is 314 g/mol. The highest BCUT2D eigenvalue weighted by molar-refractivity contribution is 7.18. The number of aryl methyl sites for hydroxylation is 1. The summed E-state index contributed by atoms with van der Waals surface area (Å²) in [7, 11) is 0. The average molecular weight is 314 g/mol. The molecule has 2 nitrogen and oxygen atoms in total. The summed E-state index contributed by atoms with van der Waals surface area (Å²) < 4.78 is 14.2. The molecule has 0 spiro atoms. The van der Waals surface area contributed by atoms with E-state index < -0.39 is 0 Å². The van der Waals surface area contributed by atoms with Gasteiger partial charge < -0.3 is 5.73 Å². The molecule has 1 aromatic carbocycles. The predicted octanol–water partition coefficient (Wildman–Crippen LogP) is 5.05. The Hall–Kier alpha value is -2.16. The summed E-state index contributed by atoms with van der Waals surface area (Å²) in [5.74, 6) is -0.302. The van der Waals surface area contributed by atoms with Crippen molar-refractivity contribution in [3.05, 3.63) is 52.0 Å². The van der Waals surface area contributed by atoms with Crippen LogP contribution >= 0.6 is 22.7 Å². The van der Waals surface area contributed by atoms with Crippen LogP contribution in [-0.4, -0.2) is 0 Å². The fraction of sp³-hybridized carbons (Fsp3) is 0.0625. The van der Waals surface area contributed by atoms with Crippen molar-refractivity contribution in [2.45, 2.75) is 6.92 Å². The molecular formula is C16H11FN2S2. The van der Waals surface area contributed by atoms with Gasteiger partial charge in [-0.2, -0.15) is 5.26 Å². The van der Waals surface area contributed by atoms with Crippen molar-refractivity contribution in [3.63, 3.8) is 0 Å². The first-order valence-corrected chi connectivity index (χ1v) is 7.94. The van der Waals surface area contributed by atoms with E-state index in [0.717, 1.165) is 16.0 Å². The Labute approximate surface area is 129 Å². The Kier molecular flexibility index (Phi) is 3.50.